The number of hydrazone groups is 1. The molecule has 0 aliphatic heterocycles. The topological polar surface area (TPSA) is 126 Å². The van der Waals surface area contributed by atoms with Gasteiger partial charge in [0.25, 0.3) is 5.95 Å². The monoisotopic (exact) mass is 348 g/mol. The standard InChI is InChI=1S/C15H20N6O4/c1-4-24-14(22)9-25-12-6-5-11(7-13(12)23-3)8-17-19-15-20-18-10(2)21(15)16/h5-8H,4,9,16H2,1-3H3,(H,19,20)/b17-8+. The Morgan fingerprint density at radius 2 is 2.20 bits per heavy atom. The van der Waals surface area contributed by atoms with E-state index in [2.05, 4.69) is 20.7 Å². The van der Waals surface area contributed by atoms with Crippen LogP contribution in [0.4, 0.5) is 5.95 Å². The molecule has 10 nitrogen and oxygen atoms in total. The molecular formula is C15H20N6O4. The van der Waals surface area contributed by atoms with Crippen molar-refractivity contribution in [2.45, 2.75) is 13.8 Å². The number of carbonyl (C=O) groups is 1. The summed E-state index contributed by atoms with van der Waals surface area (Å²) in [6.45, 7) is 3.57. The van der Waals surface area contributed by atoms with Crippen molar-refractivity contribution >= 4 is 18.1 Å². The van der Waals surface area contributed by atoms with Crippen LogP contribution in [0.25, 0.3) is 0 Å². The first-order valence-corrected chi connectivity index (χ1v) is 7.47. The molecule has 25 heavy (non-hydrogen) atoms. The number of nitrogen functional groups attached to an aromatic ring is 1. The van der Waals surface area contributed by atoms with Crippen LogP contribution in [0, 0.1) is 6.92 Å². The van der Waals surface area contributed by atoms with Gasteiger partial charge < -0.3 is 20.1 Å². The predicted octanol–water partition coefficient (Wildman–Crippen LogP) is 0.697. The summed E-state index contributed by atoms with van der Waals surface area (Å²) in [4.78, 5) is 11.3. The lowest BCUT2D eigenvalue weighted by Gasteiger charge is -2.10. The lowest BCUT2D eigenvalue weighted by atomic mass is 10.2. The van der Waals surface area contributed by atoms with Crippen LogP contribution in [0.15, 0.2) is 23.3 Å². The second-order valence-electron chi connectivity index (χ2n) is 4.81. The highest BCUT2D eigenvalue weighted by atomic mass is 16.6. The van der Waals surface area contributed by atoms with E-state index >= 15 is 0 Å². The van der Waals surface area contributed by atoms with Gasteiger partial charge in [-0.25, -0.2) is 14.9 Å². The summed E-state index contributed by atoms with van der Waals surface area (Å²) in [7, 11) is 1.51. The number of hydrogen-bond donors (Lipinski definition) is 2. The normalized spacial score (nSPS) is 10.7. The summed E-state index contributed by atoms with van der Waals surface area (Å²) in [5.41, 5.74) is 3.43. The lowest BCUT2D eigenvalue weighted by Crippen LogP contribution is -2.15. The molecule has 2 rings (SSSR count). The predicted molar refractivity (Wildman–Crippen MR) is 91.2 cm³/mol. The molecule has 0 saturated heterocycles. The van der Waals surface area contributed by atoms with Gasteiger partial charge in [0.1, 0.15) is 0 Å². The number of methoxy groups -OCH3 is 1. The largest absolute Gasteiger partial charge is 0.493 e. The summed E-state index contributed by atoms with van der Waals surface area (Å²) in [5, 5.41) is 11.7. The Labute approximate surface area is 144 Å². The van der Waals surface area contributed by atoms with Gasteiger partial charge in [-0.15, -0.1) is 10.2 Å². The fraction of sp³-hybridized carbons (Fsp3) is 0.333. The summed E-state index contributed by atoms with van der Waals surface area (Å²) >= 11 is 0. The molecule has 1 heterocycles. The summed E-state index contributed by atoms with van der Waals surface area (Å²) in [6.07, 6.45) is 1.56. The first kappa shape index (κ1) is 18.0. The number of benzene rings is 1. The zero-order chi connectivity index (χ0) is 18.2. The average Bonchev–Trinajstić information content (AvgIpc) is 2.93. The van der Waals surface area contributed by atoms with Crippen molar-refractivity contribution in [3.63, 3.8) is 0 Å². The first-order chi connectivity index (χ1) is 12.0. The summed E-state index contributed by atoms with van der Waals surface area (Å²) in [5.74, 6) is 7.03. The van der Waals surface area contributed by atoms with E-state index in [9.17, 15) is 4.79 Å². The van der Waals surface area contributed by atoms with Crippen LogP contribution in [0.3, 0.4) is 0 Å². The molecule has 1 aromatic heterocycles. The minimum absolute atomic E-state index is 0.190. The second-order valence-corrected chi connectivity index (χ2v) is 4.81. The Balaban J connectivity index is 2.01. The summed E-state index contributed by atoms with van der Waals surface area (Å²) in [6, 6.07) is 5.14. The molecule has 0 saturated carbocycles. The number of ether oxygens (including phenoxy) is 3. The quantitative estimate of drug-likeness (QED) is 0.309. The molecule has 3 N–H and O–H groups in total. The Bertz CT molecular complexity index is 758. The van der Waals surface area contributed by atoms with E-state index in [1.54, 1.807) is 38.3 Å². The van der Waals surface area contributed by atoms with Crippen LogP contribution in [0.5, 0.6) is 11.5 Å². The molecular weight excluding hydrogens is 328 g/mol. The van der Waals surface area contributed by atoms with Crippen molar-refractivity contribution in [1.82, 2.24) is 14.9 Å². The minimum atomic E-state index is -0.444. The third-order valence-electron chi connectivity index (χ3n) is 3.08. The van der Waals surface area contributed by atoms with Gasteiger partial charge in [0.2, 0.25) is 0 Å². The maximum absolute atomic E-state index is 11.3. The first-order valence-electron chi connectivity index (χ1n) is 7.47. The Morgan fingerprint density at radius 1 is 1.40 bits per heavy atom. The molecule has 0 fully saturated rings. The van der Waals surface area contributed by atoms with Crippen LogP contribution in [-0.2, 0) is 9.53 Å². The number of aryl methyl sites for hydroxylation is 1. The van der Waals surface area contributed by atoms with Crippen LogP contribution in [0.1, 0.15) is 18.3 Å². The Kier molecular flexibility index (Phi) is 6.15. The molecule has 0 unspecified atom stereocenters. The van der Waals surface area contributed by atoms with Gasteiger partial charge in [-0.2, -0.15) is 5.10 Å². The van der Waals surface area contributed by atoms with Crippen molar-refractivity contribution in [3.05, 3.63) is 29.6 Å². The average molecular weight is 348 g/mol. The van der Waals surface area contributed by atoms with Crippen LogP contribution in [-0.4, -0.2) is 47.4 Å². The van der Waals surface area contributed by atoms with Gasteiger partial charge in [0.15, 0.2) is 23.9 Å². The van der Waals surface area contributed by atoms with Crippen molar-refractivity contribution in [2.75, 3.05) is 31.6 Å². The van der Waals surface area contributed by atoms with Crippen LogP contribution < -0.4 is 20.7 Å². The number of hydrogen-bond acceptors (Lipinski definition) is 9. The van der Waals surface area contributed by atoms with Gasteiger partial charge in [-0.1, -0.05) is 0 Å². The minimum Gasteiger partial charge on any atom is -0.493 e. The van der Waals surface area contributed by atoms with Gasteiger partial charge in [0, 0.05) is 0 Å². The van der Waals surface area contributed by atoms with E-state index in [0.717, 1.165) is 5.56 Å². The Morgan fingerprint density at radius 3 is 2.84 bits per heavy atom. The van der Waals surface area contributed by atoms with E-state index in [1.807, 2.05) is 0 Å². The number of aromatic nitrogens is 3. The van der Waals surface area contributed by atoms with Crippen molar-refractivity contribution in [3.8, 4) is 11.5 Å². The smallest absolute Gasteiger partial charge is 0.344 e. The maximum atomic E-state index is 11.3. The van der Waals surface area contributed by atoms with Gasteiger partial charge in [0.05, 0.1) is 19.9 Å². The lowest BCUT2D eigenvalue weighted by molar-refractivity contribution is -0.145. The number of carbonyl (C=O) groups excluding carboxylic acids is 1. The number of esters is 1. The van der Waals surface area contributed by atoms with E-state index in [-0.39, 0.29) is 6.61 Å². The molecule has 134 valence electrons. The molecule has 0 radical (unpaired) electrons. The van der Waals surface area contributed by atoms with Gasteiger partial charge >= 0.3 is 5.97 Å². The zero-order valence-corrected chi connectivity index (χ0v) is 14.2. The van der Waals surface area contributed by atoms with E-state index in [0.29, 0.717) is 29.9 Å². The molecule has 0 atom stereocenters. The third kappa shape index (κ3) is 4.83. The molecule has 0 bridgehead atoms. The number of nitrogens with one attached hydrogen (secondary N) is 1. The highest BCUT2D eigenvalue weighted by molar-refractivity contribution is 5.81. The second kappa shape index (κ2) is 8.52. The molecule has 10 heteroatoms. The van der Waals surface area contributed by atoms with E-state index < -0.39 is 5.97 Å². The zero-order valence-electron chi connectivity index (χ0n) is 14.2. The Hall–Kier alpha value is -3.30. The number of anilines is 1. The van der Waals surface area contributed by atoms with Gasteiger partial charge in [-0.3, -0.25) is 0 Å². The molecule has 0 aliphatic carbocycles. The molecule has 0 spiro atoms. The van der Waals surface area contributed by atoms with E-state index in [1.165, 1.54) is 11.8 Å². The van der Waals surface area contributed by atoms with Crippen LogP contribution in [0.2, 0.25) is 0 Å². The molecule has 0 aliphatic rings. The highest BCUT2D eigenvalue weighted by Gasteiger charge is 2.09. The van der Waals surface area contributed by atoms with Gasteiger partial charge in [-0.05, 0) is 37.6 Å². The molecule has 2 aromatic rings. The maximum Gasteiger partial charge on any atom is 0.344 e. The van der Waals surface area contributed by atoms with Crippen molar-refractivity contribution in [2.24, 2.45) is 5.10 Å². The third-order valence-corrected chi connectivity index (χ3v) is 3.08. The molecule has 0 amide bonds. The fourth-order valence-electron chi connectivity index (χ4n) is 1.83. The van der Waals surface area contributed by atoms with E-state index in [4.69, 9.17) is 20.1 Å². The van der Waals surface area contributed by atoms with Crippen molar-refractivity contribution < 1.29 is 19.0 Å². The molecule has 1 aromatic carbocycles. The fourth-order valence-corrected chi connectivity index (χ4v) is 1.83. The van der Waals surface area contributed by atoms with Crippen molar-refractivity contribution in [1.29, 1.82) is 0 Å². The van der Waals surface area contributed by atoms with Crippen LogP contribution >= 0.6 is 0 Å². The number of nitrogens with zero attached hydrogens (tertiary/aromatic N) is 4. The number of nitrogens with two attached hydrogens (primary N) is 1. The SMILES string of the molecule is CCOC(=O)COc1ccc(/C=N/Nc2nnc(C)n2N)cc1OC. The highest BCUT2D eigenvalue weighted by Crippen LogP contribution is 2.27. The number of rotatable bonds is 8. The summed E-state index contributed by atoms with van der Waals surface area (Å²) < 4.78 is 16.7.